The molecule has 0 atom stereocenters. The van der Waals surface area contributed by atoms with Crippen LogP contribution in [0.3, 0.4) is 0 Å². The topological polar surface area (TPSA) is 12.4 Å². The minimum absolute atomic E-state index is 0. The fourth-order valence-electron chi connectivity index (χ4n) is 3.97. The molecule has 0 amide bonds. The average molecular weight is 545 g/mol. The summed E-state index contributed by atoms with van der Waals surface area (Å²) < 4.78 is 8.65. The summed E-state index contributed by atoms with van der Waals surface area (Å²) >= 11 is -1.73. The van der Waals surface area contributed by atoms with E-state index in [1.165, 1.54) is 24.8 Å². The zero-order valence-corrected chi connectivity index (χ0v) is 22.0. The van der Waals surface area contributed by atoms with Gasteiger partial charge in [0.1, 0.15) is 0 Å². The molecular weight excluding hydrogens is 520 g/mol. The zero-order chi connectivity index (χ0) is 22.3. The molecule has 0 N–H and O–H groups in total. The molecule has 0 aliphatic heterocycles. The number of nitrogens with zero attached hydrogens (tertiary/aromatic N) is 1. The first-order valence-corrected chi connectivity index (χ1v) is 15.2. The first-order chi connectivity index (χ1) is 16.4. The van der Waals surface area contributed by atoms with E-state index >= 15 is 0 Å². The van der Waals surface area contributed by atoms with Crippen LogP contribution in [0.25, 0.3) is 0 Å². The third kappa shape index (κ3) is 4.97. The zero-order valence-electron chi connectivity index (χ0n) is 18.6. The van der Waals surface area contributed by atoms with Crippen molar-refractivity contribution in [2.75, 3.05) is 0 Å². The van der Waals surface area contributed by atoms with E-state index in [2.05, 4.69) is 152 Å². The van der Waals surface area contributed by atoms with Crippen LogP contribution in [0.4, 0.5) is 0 Å². The van der Waals surface area contributed by atoms with Crippen LogP contribution < -0.4 is 37.2 Å². The van der Waals surface area contributed by atoms with Gasteiger partial charge < -0.3 is 12.4 Å². The molecular formula is C30H25ClNPSe. The number of halogens is 1. The molecule has 0 aliphatic carbocycles. The molecule has 0 unspecified atom stereocenters. The van der Waals surface area contributed by atoms with Gasteiger partial charge in [0.05, 0.1) is 0 Å². The molecule has 4 heteroatoms. The fraction of sp³-hybridized carbons (Fsp3) is 0. The third-order valence-corrected chi connectivity index (χ3v) is 14.7. The van der Waals surface area contributed by atoms with E-state index in [0.717, 1.165) is 0 Å². The Morgan fingerprint density at radius 1 is 0.382 bits per heavy atom. The SMILES string of the molecule is [Cl-].c1ccc([Se](=N[P+](c2ccccc2)(c2ccccc2)c2ccccc2)c2ccccc2)cc1. The number of benzene rings is 5. The van der Waals surface area contributed by atoms with Crippen molar-refractivity contribution in [3.05, 3.63) is 152 Å². The molecule has 5 aromatic rings. The van der Waals surface area contributed by atoms with E-state index in [4.69, 9.17) is 3.73 Å². The van der Waals surface area contributed by atoms with Crippen LogP contribution in [0.1, 0.15) is 0 Å². The number of rotatable bonds is 6. The van der Waals surface area contributed by atoms with Crippen molar-refractivity contribution >= 4 is 46.0 Å². The van der Waals surface area contributed by atoms with Crippen LogP contribution in [-0.2, 0) is 0 Å². The summed E-state index contributed by atoms with van der Waals surface area (Å²) in [5.74, 6) is 0. The second kappa shape index (κ2) is 11.5. The molecule has 34 heavy (non-hydrogen) atoms. The van der Waals surface area contributed by atoms with Crippen LogP contribution in [0.2, 0.25) is 0 Å². The van der Waals surface area contributed by atoms with Crippen molar-refractivity contribution in [2.24, 2.45) is 3.73 Å². The molecule has 0 aromatic heterocycles. The third-order valence-electron chi connectivity index (χ3n) is 5.53. The predicted octanol–water partition coefficient (Wildman–Crippen LogP) is 1.97. The Kier molecular flexibility index (Phi) is 8.22. The summed E-state index contributed by atoms with van der Waals surface area (Å²) in [5.41, 5.74) is 0. The molecule has 0 bridgehead atoms. The summed E-state index contributed by atoms with van der Waals surface area (Å²) in [5, 5.41) is 3.88. The predicted molar refractivity (Wildman–Crippen MR) is 145 cm³/mol. The van der Waals surface area contributed by atoms with Crippen molar-refractivity contribution in [1.82, 2.24) is 0 Å². The van der Waals surface area contributed by atoms with Gasteiger partial charge >= 0.3 is 201 Å². The Bertz CT molecular complexity index is 1190. The van der Waals surface area contributed by atoms with Gasteiger partial charge in [0.2, 0.25) is 0 Å². The second-order valence-corrected chi connectivity index (χ2v) is 14.8. The molecule has 5 rings (SSSR count). The molecule has 168 valence electrons. The summed E-state index contributed by atoms with van der Waals surface area (Å²) in [6.07, 6.45) is 0. The van der Waals surface area contributed by atoms with Gasteiger partial charge in [-0.15, -0.1) is 0 Å². The van der Waals surface area contributed by atoms with Gasteiger partial charge in [0.15, 0.2) is 0 Å². The average Bonchev–Trinajstić information content (AvgIpc) is 2.92. The van der Waals surface area contributed by atoms with Crippen LogP contribution >= 0.6 is 7.41 Å². The monoisotopic (exact) mass is 545 g/mol. The Morgan fingerprint density at radius 3 is 0.941 bits per heavy atom. The molecule has 5 aromatic carbocycles. The Hall–Kier alpha value is -2.86. The Morgan fingerprint density at radius 2 is 0.647 bits per heavy atom. The summed E-state index contributed by atoms with van der Waals surface area (Å²) in [4.78, 5) is 0. The van der Waals surface area contributed by atoms with E-state index in [1.807, 2.05) is 0 Å². The molecule has 0 heterocycles. The molecule has 0 saturated heterocycles. The maximum absolute atomic E-state index is 5.99. The van der Waals surface area contributed by atoms with Crippen molar-refractivity contribution in [3.63, 3.8) is 0 Å². The number of hydrogen-bond donors (Lipinski definition) is 0. The van der Waals surface area contributed by atoms with Crippen molar-refractivity contribution in [3.8, 4) is 0 Å². The second-order valence-electron chi connectivity index (χ2n) is 7.63. The van der Waals surface area contributed by atoms with E-state index in [1.54, 1.807) is 0 Å². The fourth-order valence-corrected chi connectivity index (χ4v) is 14.2. The summed E-state index contributed by atoms with van der Waals surface area (Å²) in [7, 11) is -2.26. The quantitative estimate of drug-likeness (QED) is 0.229. The van der Waals surface area contributed by atoms with Gasteiger partial charge in [-0.2, -0.15) is 0 Å². The molecule has 0 spiro atoms. The van der Waals surface area contributed by atoms with Crippen LogP contribution in [0.5, 0.6) is 0 Å². The van der Waals surface area contributed by atoms with Crippen molar-refractivity contribution in [1.29, 1.82) is 0 Å². The Labute approximate surface area is 213 Å². The van der Waals surface area contributed by atoms with E-state index < -0.39 is 21.1 Å². The van der Waals surface area contributed by atoms with Gasteiger partial charge in [0.25, 0.3) is 0 Å². The maximum atomic E-state index is 5.99. The molecule has 0 fully saturated rings. The van der Waals surface area contributed by atoms with Crippen LogP contribution in [-0.4, -0.2) is 13.7 Å². The van der Waals surface area contributed by atoms with E-state index in [0.29, 0.717) is 0 Å². The molecule has 0 aliphatic rings. The van der Waals surface area contributed by atoms with E-state index in [9.17, 15) is 0 Å². The minimum atomic E-state index is -2.26. The van der Waals surface area contributed by atoms with Crippen molar-refractivity contribution < 1.29 is 12.4 Å². The standard InChI is InChI=1S/C30H25NPSe.ClH/c1-6-16-26(17-7-1)32(27-18-8-2-9-19-27,28-20-10-3-11-21-28)31-33(29-22-12-4-13-23-29)30-24-14-5-15-25-30;/h1-25H;1H/q+1;/p-1. The molecule has 0 saturated carbocycles. The van der Waals surface area contributed by atoms with E-state index in [-0.39, 0.29) is 12.4 Å². The molecule has 1 nitrogen and oxygen atoms in total. The van der Waals surface area contributed by atoms with Gasteiger partial charge in [-0.3, -0.25) is 0 Å². The first kappa shape index (κ1) is 24.3. The van der Waals surface area contributed by atoms with Gasteiger partial charge in [-0.25, -0.2) is 0 Å². The van der Waals surface area contributed by atoms with Crippen LogP contribution in [0.15, 0.2) is 155 Å². The van der Waals surface area contributed by atoms with Crippen LogP contribution in [0, 0.1) is 0 Å². The van der Waals surface area contributed by atoms with Gasteiger partial charge in [-0.05, 0) is 0 Å². The molecule has 0 radical (unpaired) electrons. The van der Waals surface area contributed by atoms with Gasteiger partial charge in [-0.1, -0.05) is 0 Å². The summed E-state index contributed by atoms with van der Waals surface area (Å²) in [6, 6.07) is 54.4. The normalized spacial score (nSPS) is 11.0. The number of hydrogen-bond acceptors (Lipinski definition) is 1. The van der Waals surface area contributed by atoms with Gasteiger partial charge in [0, 0.05) is 0 Å². The van der Waals surface area contributed by atoms with Crippen molar-refractivity contribution in [2.45, 2.75) is 0 Å². The Balaban J connectivity index is 0.00000274. The first-order valence-electron chi connectivity index (χ1n) is 11.0. The summed E-state index contributed by atoms with van der Waals surface area (Å²) in [6.45, 7) is 0.